The Morgan fingerprint density at radius 3 is 2.61 bits per heavy atom. The van der Waals surface area contributed by atoms with Gasteiger partial charge in [-0.2, -0.15) is 0 Å². The van der Waals surface area contributed by atoms with Gasteiger partial charge < -0.3 is 15.2 Å². The fourth-order valence-electron chi connectivity index (χ4n) is 2.48. The second-order valence-corrected chi connectivity index (χ2v) is 4.88. The first-order chi connectivity index (χ1) is 8.90. The summed E-state index contributed by atoms with van der Waals surface area (Å²) < 4.78 is 5.39. The molecule has 0 bridgehead atoms. The molecule has 1 heterocycles. The molecule has 1 aromatic rings. The molecule has 2 rings (SSSR count). The van der Waals surface area contributed by atoms with Crippen molar-refractivity contribution in [1.29, 1.82) is 0 Å². The highest BCUT2D eigenvalue weighted by molar-refractivity contribution is 5.19. The highest BCUT2D eigenvalue weighted by Crippen LogP contribution is 2.21. The molecule has 1 saturated heterocycles. The number of benzene rings is 1. The van der Waals surface area contributed by atoms with Gasteiger partial charge in [0.1, 0.15) is 0 Å². The molecule has 3 nitrogen and oxygen atoms in total. The van der Waals surface area contributed by atoms with E-state index in [1.54, 1.807) is 0 Å². The molecule has 1 aliphatic heterocycles. The second-order valence-electron chi connectivity index (χ2n) is 4.88. The van der Waals surface area contributed by atoms with E-state index in [9.17, 15) is 0 Å². The fourth-order valence-corrected chi connectivity index (χ4v) is 2.48. The summed E-state index contributed by atoms with van der Waals surface area (Å²) in [5, 5.41) is 12.7. The molecule has 0 saturated carbocycles. The van der Waals surface area contributed by atoms with Crippen molar-refractivity contribution < 1.29 is 9.84 Å². The van der Waals surface area contributed by atoms with Gasteiger partial charge >= 0.3 is 0 Å². The van der Waals surface area contributed by atoms with E-state index >= 15 is 0 Å². The van der Waals surface area contributed by atoms with E-state index in [0.717, 1.165) is 38.9 Å². The van der Waals surface area contributed by atoms with Crippen molar-refractivity contribution >= 4 is 0 Å². The summed E-state index contributed by atoms with van der Waals surface area (Å²) in [5.41, 5.74) is 1.32. The van der Waals surface area contributed by atoms with E-state index in [0.29, 0.717) is 12.1 Å². The first-order valence-electron chi connectivity index (χ1n) is 6.90. The Labute approximate surface area is 109 Å². The molecule has 0 aromatic heterocycles. The van der Waals surface area contributed by atoms with Crippen LogP contribution in [0.5, 0.6) is 0 Å². The predicted octanol–water partition coefficient (Wildman–Crippen LogP) is 2.27. The SMILES string of the molecule is OCCCC(NC1CCOCC1)c1ccccc1. The molecule has 0 aliphatic carbocycles. The third-order valence-electron chi connectivity index (χ3n) is 3.51. The summed E-state index contributed by atoms with van der Waals surface area (Å²) in [6.07, 6.45) is 4.00. The van der Waals surface area contributed by atoms with Crippen molar-refractivity contribution in [3.63, 3.8) is 0 Å². The average Bonchev–Trinajstić information content (AvgIpc) is 2.45. The lowest BCUT2D eigenvalue weighted by molar-refractivity contribution is 0.0741. The van der Waals surface area contributed by atoms with Gasteiger partial charge in [0.2, 0.25) is 0 Å². The number of aliphatic hydroxyl groups is 1. The lowest BCUT2D eigenvalue weighted by Gasteiger charge is -2.29. The zero-order valence-electron chi connectivity index (χ0n) is 10.8. The zero-order valence-corrected chi connectivity index (χ0v) is 10.8. The Kier molecular flexibility index (Phi) is 5.65. The average molecular weight is 249 g/mol. The molecule has 0 spiro atoms. The summed E-state index contributed by atoms with van der Waals surface area (Å²) in [7, 11) is 0. The second kappa shape index (κ2) is 7.52. The molecule has 0 radical (unpaired) electrons. The van der Waals surface area contributed by atoms with Crippen LogP contribution >= 0.6 is 0 Å². The number of hydrogen-bond donors (Lipinski definition) is 2. The summed E-state index contributed by atoms with van der Waals surface area (Å²) >= 11 is 0. The first kappa shape index (κ1) is 13.5. The molecule has 100 valence electrons. The summed E-state index contributed by atoms with van der Waals surface area (Å²) in [4.78, 5) is 0. The van der Waals surface area contributed by atoms with E-state index in [4.69, 9.17) is 9.84 Å². The van der Waals surface area contributed by atoms with E-state index in [-0.39, 0.29) is 6.61 Å². The molecule has 1 aromatic carbocycles. The van der Waals surface area contributed by atoms with Gasteiger partial charge in [0.25, 0.3) is 0 Å². The highest BCUT2D eigenvalue weighted by atomic mass is 16.5. The summed E-state index contributed by atoms with van der Waals surface area (Å²) in [5.74, 6) is 0. The van der Waals surface area contributed by atoms with E-state index in [2.05, 4.69) is 29.6 Å². The monoisotopic (exact) mass is 249 g/mol. The van der Waals surface area contributed by atoms with Gasteiger partial charge in [-0.05, 0) is 31.2 Å². The quantitative estimate of drug-likeness (QED) is 0.812. The maximum absolute atomic E-state index is 9.02. The minimum Gasteiger partial charge on any atom is -0.396 e. The fraction of sp³-hybridized carbons (Fsp3) is 0.600. The normalized spacial score (nSPS) is 18.7. The Hall–Kier alpha value is -0.900. The molecule has 1 fully saturated rings. The molecule has 1 aliphatic rings. The smallest absolute Gasteiger partial charge is 0.0480 e. The van der Waals surface area contributed by atoms with Crippen molar-refractivity contribution in [2.75, 3.05) is 19.8 Å². The first-order valence-corrected chi connectivity index (χ1v) is 6.90. The van der Waals surface area contributed by atoms with Gasteiger partial charge in [-0.25, -0.2) is 0 Å². The van der Waals surface area contributed by atoms with Crippen molar-refractivity contribution in [3.8, 4) is 0 Å². The third kappa shape index (κ3) is 4.09. The van der Waals surface area contributed by atoms with Crippen LogP contribution in [0.15, 0.2) is 30.3 Å². The number of nitrogens with one attached hydrogen (secondary N) is 1. The van der Waals surface area contributed by atoms with Crippen molar-refractivity contribution in [2.24, 2.45) is 0 Å². The number of aliphatic hydroxyl groups excluding tert-OH is 1. The molecule has 0 amide bonds. The van der Waals surface area contributed by atoms with Crippen LogP contribution < -0.4 is 5.32 Å². The van der Waals surface area contributed by atoms with Gasteiger partial charge in [-0.15, -0.1) is 0 Å². The van der Waals surface area contributed by atoms with Crippen LogP contribution in [0.1, 0.15) is 37.3 Å². The molecule has 1 atom stereocenters. The molecular weight excluding hydrogens is 226 g/mol. The van der Waals surface area contributed by atoms with Gasteiger partial charge in [0.05, 0.1) is 0 Å². The molecule has 18 heavy (non-hydrogen) atoms. The van der Waals surface area contributed by atoms with E-state index in [1.165, 1.54) is 5.56 Å². The maximum Gasteiger partial charge on any atom is 0.0480 e. The van der Waals surface area contributed by atoms with Crippen molar-refractivity contribution in [3.05, 3.63) is 35.9 Å². The van der Waals surface area contributed by atoms with Crippen molar-refractivity contribution in [1.82, 2.24) is 5.32 Å². The van der Waals surface area contributed by atoms with Gasteiger partial charge in [-0.1, -0.05) is 30.3 Å². The Bertz CT molecular complexity index is 323. The predicted molar refractivity (Wildman–Crippen MR) is 72.5 cm³/mol. The standard InChI is InChI=1S/C15H23NO2/c17-10-4-7-15(13-5-2-1-3-6-13)16-14-8-11-18-12-9-14/h1-3,5-6,14-17H,4,7-12H2. The molecule has 2 N–H and O–H groups in total. The summed E-state index contributed by atoms with van der Waals surface area (Å²) in [6, 6.07) is 11.4. The lowest BCUT2D eigenvalue weighted by Crippen LogP contribution is -2.37. The van der Waals surface area contributed by atoms with E-state index in [1.807, 2.05) is 6.07 Å². The van der Waals surface area contributed by atoms with Gasteiger partial charge in [-0.3, -0.25) is 0 Å². The van der Waals surface area contributed by atoms with Crippen LogP contribution in [0.3, 0.4) is 0 Å². The highest BCUT2D eigenvalue weighted by Gasteiger charge is 2.18. The largest absolute Gasteiger partial charge is 0.396 e. The summed E-state index contributed by atoms with van der Waals surface area (Å²) in [6.45, 7) is 1.98. The minimum atomic E-state index is 0.263. The zero-order chi connectivity index (χ0) is 12.6. The number of rotatable bonds is 6. The maximum atomic E-state index is 9.02. The lowest BCUT2D eigenvalue weighted by atomic mass is 9.99. The van der Waals surface area contributed by atoms with Crippen LogP contribution in [-0.4, -0.2) is 31.0 Å². The van der Waals surface area contributed by atoms with Crippen LogP contribution in [0.4, 0.5) is 0 Å². The van der Waals surface area contributed by atoms with Crippen molar-refractivity contribution in [2.45, 2.75) is 37.8 Å². The Morgan fingerprint density at radius 2 is 1.94 bits per heavy atom. The topological polar surface area (TPSA) is 41.5 Å². The molecule has 1 unspecified atom stereocenters. The number of ether oxygens (including phenoxy) is 1. The van der Waals surface area contributed by atoms with Crippen LogP contribution in [0.2, 0.25) is 0 Å². The van der Waals surface area contributed by atoms with Gasteiger partial charge in [0, 0.05) is 31.9 Å². The Balaban J connectivity index is 1.95. The Morgan fingerprint density at radius 1 is 1.22 bits per heavy atom. The van der Waals surface area contributed by atoms with Crippen LogP contribution in [0, 0.1) is 0 Å². The third-order valence-corrected chi connectivity index (χ3v) is 3.51. The molecular formula is C15H23NO2. The van der Waals surface area contributed by atoms with E-state index < -0.39 is 0 Å². The molecule has 3 heteroatoms. The van der Waals surface area contributed by atoms with Gasteiger partial charge in [0.15, 0.2) is 0 Å². The number of hydrogen-bond acceptors (Lipinski definition) is 3. The minimum absolute atomic E-state index is 0.263. The van der Waals surface area contributed by atoms with Crippen LogP contribution in [0.25, 0.3) is 0 Å². The van der Waals surface area contributed by atoms with Crippen LogP contribution in [-0.2, 0) is 4.74 Å².